The number of aryl methyl sites for hydroxylation is 1. The number of allylic oxidation sites excluding steroid dienone is 2. The van der Waals surface area contributed by atoms with Crippen molar-refractivity contribution in [3.8, 4) is 0 Å². The number of carbonyl (C=O) groups excluding carboxylic acids is 1. The van der Waals surface area contributed by atoms with E-state index < -0.39 is 0 Å². The van der Waals surface area contributed by atoms with Crippen molar-refractivity contribution in [2.75, 3.05) is 12.8 Å². The standard InChI is InChI=1S/C28H26FNOS/c1-32-25-12-9-21(10-13-25)16-22-17-23(27-19-24(29)11-14-26(22)27)18-28(31)30-15-5-8-20-6-3-2-4-7-20/h2-4,6-7,9-14,16-17,19H,5,8,15,18H2,1H3,(H,30,31)/b22-16+. The van der Waals surface area contributed by atoms with Crippen LogP contribution in [0.1, 0.15) is 35.1 Å². The third kappa shape index (κ3) is 5.57. The molecule has 32 heavy (non-hydrogen) atoms. The molecule has 1 N–H and O–H groups in total. The molecule has 4 rings (SSSR count). The highest BCUT2D eigenvalue weighted by Crippen LogP contribution is 2.38. The number of halogens is 1. The second-order valence-electron chi connectivity index (χ2n) is 7.85. The highest BCUT2D eigenvalue weighted by atomic mass is 32.2. The lowest BCUT2D eigenvalue weighted by Crippen LogP contribution is -2.24. The first-order valence-electron chi connectivity index (χ1n) is 10.8. The van der Waals surface area contributed by atoms with Crippen LogP contribution in [-0.4, -0.2) is 18.7 Å². The van der Waals surface area contributed by atoms with E-state index in [1.165, 1.54) is 22.6 Å². The topological polar surface area (TPSA) is 29.1 Å². The number of benzene rings is 3. The predicted molar refractivity (Wildman–Crippen MR) is 133 cm³/mol. The summed E-state index contributed by atoms with van der Waals surface area (Å²) >= 11 is 1.71. The molecule has 0 unspecified atom stereocenters. The molecule has 0 saturated carbocycles. The van der Waals surface area contributed by atoms with E-state index in [1.807, 2.05) is 24.3 Å². The van der Waals surface area contributed by atoms with Gasteiger partial charge in [-0.2, -0.15) is 0 Å². The minimum atomic E-state index is -0.288. The van der Waals surface area contributed by atoms with Crippen LogP contribution in [0.4, 0.5) is 4.39 Å². The smallest absolute Gasteiger partial charge is 0.224 e. The normalized spacial score (nSPS) is 13.7. The Bertz CT molecular complexity index is 1150. The largest absolute Gasteiger partial charge is 0.356 e. The summed E-state index contributed by atoms with van der Waals surface area (Å²) in [5, 5.41) is 3.01. The van der Waals surface area contributed by atoms with Crippen LogP contribution < -0.4 is 5.32 Å². The molecular weight excluding hydrogens is 417 g/mol. The van der Waals surface area contributed by atoms with E-state index >= 15 is 0 Å². The van der Waals surface area contributed by atoms with Gasteiger partial charge in [-0.3, -0.25) is 4.79 Å². The van der Waals surface area contributed by atoms with Crippen LogP contribution in [0.2, 0.25) is 0 Å². The van der Waals surface area contributed by atoms with Crippen LogP contribution in [0.3, 0.4) is 0 Å². The van der Waals surface area contributed by atoms with Crippen molar-refractivity contribution >= 4 is 34.9 Å². The highest BCUT2D eigenvalue weighted by Gasteiger charge is 2.21. The Hall–Kier alpha value is -3.11. The summed E-state index contributed by atoms with van der Waals surface area (Å²) in [7, 11) is 0. The van der Waals surface area contributed by atoms with Gasteiger partial charge in [0.05, 0.1) is 6.42 Å². The number of thioether (sulfide) groups is 1. The first-order chi connectivity index (χ1) is 15.6. The summed E-state index contributed by atoms with van der Waals surface area (Å²) in [4.78, 5) is 13.8. The van der Waals surface area contributed by atoms with Gasteiger partial charge in [0.15, 0.2) is 0 Å². The number of hydrogen-bond acceptors (Lipinski definition) is 2. The lowest BCUT2D eigenvalue weighted by Gasteiger charge is -2.08. The van der Waals surface area contributed by atoms with E-state index in [1.54, 1.807) is 17.8 Å². The van der Waals surface area contributed by atoms with Crippen molar-refractivity contribution < 1.29 is 9.18 Å². The fraction of sp³-hybridized carbons (Fsp3) is 0.179. The van der Waals surface area contributed by atoms with Crippen molar-refractivity contribution in [1.82, 2.24) is 5.32 Å². The number of carbonyl (C=O) groups is 1. The first kappa shape index (κ1) is 22.1. The monoisotopic (exact) mass is 443 g/mol. The van der Waals surface area contributed by atoms with E-state index in [9.17, 15) is 9.18 Å². The van der Waals surface area contributed by atoms with E-state index in [2.05, 4.69) is 54.0 Å². The Morgan fingerprint density at radius 3 is 2.53 bits per heavy atom. The summed E-state index contributed by atoms with van der Waals surface area (Å²) in [6, 6.07) is 23.4. The average molecular weight is 444 g/mol. The third-order valence-electron chi connectivity index (χ3n) is 5.56. The minimum Gasteiger partial charge on any atom is -0.356 e. The zero-order valence-corrected chi connectivity index (χ0v) is 18.9. The SMILES string of the molecule is CSc1ccc(/C=C2\C=C(CC(=O)NCCCc3ccccc3)c3cc(F)ccc32)cc1. The van der Waals surface area contributed by atoms with Crippen LogP contribution >= 0.6 is 11.8 Å². The number of amides is 1. The molecule has 0 atom stereocenters. The van der Waals surface area contributed by atoms with Gasteiger partial charge in [0.25, 0.3) is 0 Å². The van der Waals surface area contributed by atoms with Crippen LogP contribution in [0.15, 0.2) is 83.8 Å². The summed E-state index contributed by atoms with van der Waals surface area (Å²) in [5.74, 6) is -0.325. The van der Waals surface area contributed by atoms with Gasteiger partial charge in [0.2, 0.25) is 5.91 Å². The van der Waals surface area contributed by atoms with Gasteiger partial charge in [0, 0.05) is 11.4 Å². The summed E-state index contributed by atoms with van der Waals surface area (Å²) in [5.41, 5.74) is 5.97. The summed E-state index contributed by atoms with van der Waals surface area (Å²) in [6.07, 6.45) is 8.21. The Morgan fingerprint density at radius 1 is 1.00 bits per heavy atom. The molecule has 0 saturated heterocycles. The molecular formula is C28H26FNOS. The van der Waals surface area contributed by atoms with Gasteiger partial charge in [-0.15, -0.1) is 11.8 Å². The second kappa shape index (κ2) is 10.5. The Kier molecular flexibility index (Phi) is 7.23. The predicted octanol–water partition coefficient (Wildman–Crippen LogP) is 6.62. The van der Waals surface area contributed by atoms with Crippen molar-refractivity contribution in [2.45, 2.75) is 24.2 Å². The van der Waals surface area contributed by atoms with Crippen LogP contribution in [0.5, 0.6) is 0 Å². The molecule has 3 aromatic rings. The van der Waals surface area contributed by atoms with Crippen molar-refractivity contribution in [3.63, 3.8) is 0 Å². The first-order valence-corrected chi connectivity index (χ1v) is 12.0. The van der Waals surface area contributed by atoms with E-state index in [-0.39, 0.29) is 18.1 Å². The third-order valence-corrected chi connectivity index (χ3v) is 6.31. The van der Waals surface area contributed by atoms with Gasteiger partial charge in [-0.05, 0) is 88.9 Å². The fourth-order valence-corrected chi connectivity index (χ4v) is 4.33. The maximum Gasteiger partial charge on any atom is 0.224 e. The van der Waals surface area contributed by atoms with Gasteiger partial charge >= 0.3 is 0 Å². The van der Waals surface area contributed by atoms with Crippen LogP contribution in [-0.2, 0) is 11.2 Å². The molecule has 3 aromatic carbocycles. The maximum absolute atomic E-state index is 14.0. The van der Waals surface area contributed by atoms with Crippen molar-refractivity contribution in [1.29, 1.82) is 0 Å². The second-order valence-corrected chi connectivity index (χ2v) is 8.73. The molecule has 0 bridgehead atoms. The maximum atomic E-state index is 14.0. The Morgan fingerprint density at radius 2 is 1.78 bits per heavy atom. The van der Waals surface area contributed by atoms with Gasteiger partial charge in [-0.25, -0.2) is 4.39 Å². The van der Waals surface area contributed by atoms with Gasteiger partial charge < -0.3 is 5.32 Å². The molecule has 4 heteroatoms. The molecule has 1 amide bonds. The zero-order valence-electron chi connectivity index (χ0n) is 18.1. The molecule has 1 aliphatic rings. The molecule has 2 nitrogen and oxygen atoms in total. The minimum absolute atomic E-state index is 0.0369. The molecule has 0 spiro atoms. The highest BCUT2D eigenvalue weighted by molar-refractivity contribution is 7.98. The molecule has 0 radical (unpaired) electrons. The molecule has 1 aliphatic carbocycles. The molecule has 162 valence electrons. The quantitative estimate of drug-likeness (QED) is 0.313. The van der Waals surface area contributed by atoms with Crippen molar-refractivity contribution in [2.24, 2.45) is 0 Å². The number of hydrogen-bond donors (Lipinski definition) is 1. The summed E-state index contributed by atoms with van der Waals surface area (Å²) in [6.45, 7) is 0.626. The van der Waals surface area contributed by atoms with Crippen LogP contribution in [0, 0.1) is 5.82 Å². The summed E-state index contributed by atoms with van der Waals surface area (Å²) < 4.78 is 14.0. The lowest BCUT2D eigenvalue weighted by atomic mass is 10.0. The zero-order chi connectivity index (χ0) is 22.3. The van der Waals surface area contributed by atoms with E-state index in [0.717, 1.165) is 40.7 Å². The molecule has 0 heterocycles. The lowest BCUT2D eigenvalue weighted by molar-refractivity contribution is -0.120. The number of rotatable bonds is 8. The average Bonchev–Trinajstić information content (AvgIpc) is 3.14. The van der Waals surface area contributed by atoms with Crippen molar-refractivity contribution in [3.05, 3.63) is 107 Å². The number of nitrogens with one attached hydrogen (secondary N) is 1. The Labute approximate surface area is 193 Å². The molecule has 0 fully saturated rings. The fourth-order valence-electron chi connectivity index (χ4n) is 3.92. The molecule has 0 aliphatic heterocycles. The van der Waals surface area contributed by atoms with E-state index in [0.29, 0.717) is 6.54 Å². The van der Waals surface area contributed by atoms with Gasteiger partial charge in [-0.1, -0.05) is 48.5 Å². The number of fused-ring (bicyclic) bond motifs is 1. The van der Waals surface area contributed by atoms with E-state index in [4.69, 9.17) is 0 Å². The van der Waals surface area contributed by atoms with Crippen LogP contribution in [0.25, 0.3) is 17.2 Å². The van der Waals surface area contributed by atoms with Gasteiger partial charge in [0.1, 0.15) is 5.82 Å². The Balaban J connectivity index is 1.43. The molecule has 0 aromatic heterocycles.